The molecule has 37 heavy (non-hydrogen) atoms. The number of rotatable bonds is 12. The largest absolute Gasteiger partial charge is 0.493 e. The van der Waals surface area contributed by atoms with Crippen LogP contribution in [-0.2, 0) is 14.6 Å². The normalized spacial score (nSPS) is 11.4. The zero-order valence-electron chi connectivity index (χ0n) is 20.3. The van der Waals surface area contributed by atoms with E-state index in [0.717, 1.165) is 6.26 Å². The van der Waals surface area contributed by atoms with Crippen LogP contribution in [0, 0.1) is 11.3 Å². The second kappa shape index (κ2) is 12.7. The van der Waals surface area contributed by atoms with Crippen LogP contribution >= 0.6 is 11.3 Å². The van der Waals surface area contributed by atoms with Gasteiger partial charge < -0.3 is 18.9 Å². The Morgan fingerprint density at radius 3 is 2.27 bits per heavy atom. The third-order valence-corrected chi connectivity index (χ3v) is 7.19. The Bertz CT molecular complexity index is 1430. The van der Waals surface area contributed by atoms with E-state index in [0.29, 0.717) is 59.5 Å². The number of nitrogens with zero attached hydrogens (tertiary/aromatic N) is 3. The summed E-state index contributed by atoms with van der Waals surface area (Å²) in [4.78, 5) is 12.5. The van der Waals surface area contributed by atoms with Crippen LogP contribution in [0.1, 0.15) is 12.0 Å². The second-order valence-electron chi connectivity index (χ2n) is 7.38. The van der Waals surface area contributed by atoms with E-state index in [-0.39, 0.29) is 15.0 Å². The van der Waals surface area contributed by atoms with Crippen molar-refractivity contribution in [2.45, 2.75) is 10.8 Å². The Hall–Kier alpha value is -4.15. The van der Waals surface area contributed by atoms with Gasteiger partial charge in [-0.1, -0.05) is 29.5 Å². The Morgan fingerprint density at radius 2 is 1.68 bits per heavy atom. The molecule has 0 radical (unpaired) electrons. The summed E-state index contributed by atoms with van der Waals surface area (Å²) in [6, 6.07) is 14.1. The SMILES string of the molecule is COc1ccccc1OCCCOc1ccc(C=C(C#N)C(=O)Nc2nnc(S(C)(=O)=O)s2)cc1OC. The molecule has 0 bridgehead atoms. The lowest BCUT2D eigenvalue weighted by Crippen LogP contribution is -2.13. The van der Waals surface area contributed by atoms with Crippen molar-refractivity contribution in [2.75, 3.05) is 39.0 Å². The number of methoxy groups -OCH3 is 2. The smallest absolute Gasteiger partial charge is 0.268 e. The number of amides is 1. The van der Waals surface area contributed by atoms with Gasteiger partial charge in [-0.05, 0) is 35.9 Å². The van der Waals surface area contributed by atoms with Crippen molar-refractivity contribution in [1.29, 1.82) is 5.26 Å². The number of para-hydroxylation sites is 2. The van der Waals surface area contributed by atoms with E-state index < -0.39 is 15.7 Å². The molecule has 0 atom stereocenters. The summed E-state index contributed by atoms with van der Waals surface area (Å²) in [5, 5.41) is 18.9. The highest BCUT2D eigenvalue weighted by Gasteiger charge is 2.18. The van der Waals surface area contributed by atoms with Gasteiger partial charge in [-0.25, -0.2) is 8.42 Å². The van der Waals surface area contributed by atoms with Gasteiger partial charge in [0, 0.05) is 12.7 Å². The molecule has 194 valence electrons. The molecular weight excluding hydrogens is 520 g/mol. The Morgan fingerprint density at radius 1 is 1.03 bits per heavy atom. The van der Waals surface area contributed by atoms with Crippen LogP contribution < -0.4 is 24.3 Å². The quantitative estimate of drug-likeness (QED) is 0.156. The maximum Gasteiger partial charge on any atom is 0.268 e. The standard InChI is InChI=1S/C24H24N4O7S2/c1-32-18-7-4-5-8-19(18)34-11-6-12-35-20-10-9-16(14-21(20)33-2)13-17(15-25)22(29)26-23-27-28-24(36-23)37(3,30)31/h4-5,7-10,13-14H,6,11-12H2,1-3H3,(H,26,27,29). The highest BCUT2D eigenvalue weighted by atomic mass is 32.2. The number of aromatic nitrogens is 2. The number of hydrogen-bond donors (Lipinski definition) is 1. The summed E-state index contributed by atoms with van der Waals surface area (Å²) < 4.78 is 45.0. The number of sulfone groups is 1. The molecule has 1 aromatic heterocycles. The van der Waals surface area contributed by atoms with Crippen molar-refractivity contribution in [3.05, 3.63) is 53.6 Å². The van der Waals surface area contributed by atoms with Crippen LogP contribution in [-0.4, -0.2) is 58.2 Å². The molecule has 0 fully saturated rings. The zero-order valence-corrected chi connectivity index (χ0v) is 21.9. The van der Waals surface area contributed by atoms with E-state index in [2.05, 4.69) is 15.5 Å². The first-order valence-corrected chi connectivity index (χ1v) is 13.5. The van der Waals surface area contributed by atoms with Gasteiger partial charge >= 0.3 is 0 Å². The molecule has 0 aliphatic heterocycles. The van der Waals surface area contributed by atoms with Crippen molar-refractivity contribution in [1.82, 2.24) is 10.2 Å². The van der Waals surface area contributed by atoms with Crippen molar-refractivity contribution in [2.24, 2.45) is 0 Å². The van der Waals surface area contributed by atoms with Crippen molar-refractivity contribution in [3.8, 4) is 29.1 Å². The van der Waals surface area contributed by atoms with Crippen LogP contribution in [0.15, 0.2) is 52.4 Å². The average Bonchev–Trinajstić information content (AvgIpc) is 3.36. The number of anilines is 1. The van der Waals surface area contributed by atoms with Crippen molar-refractivity contribution in [3.63, 3.8) is 0 Å². The van der Waals surface area contributed by atoms with E-state index in [1.807, 2.05) is 30.3 Å². The third kappa shape index (κ3) is 7.66. The van der Waals surface area contributed by atoms with E-state index in [9.17, 15) is 18.5 Å². The molecule has 0 spiro atoms. The number of carbonyl (C=O) groups is 1. The van der Waals surface area contributed by atoms with Gasteiger partial charge in [0.05, 0.1) is 27.4 Å². The minimum atomic E-state index is -3.55. The molecule has 0 saturated carbocycles. The first kappa shape index (κ1) is 27.4. The molecular formula is C24H24N4O7S2. The lowest BCUT2D eigenvalue weighted by molar-refractivity contribution is -0.112. The molecule has 0 aliphatic rings. The fraction of sp³-hybridized carbons (Fsp3) is 0.250. The molecule has 11 nitrogen and oxygen atoms in total. The highest BCUT2D eigenvalue weighted by Crippen LogP contribution is 2.30. The number of benzene rings is 2. The molecule has 3 rings (SSSR count). The number of nitriles is 1. The maximum absolute atomic E-state index is 12.5. The number of hydrogen-bond acceptors (Lipinski definition) is 11. The first-order valence-electron chi connectivity index (χ1n) is 10.8. The minimum absolute atomic E-state index is 0.0393. The summed E-state index contributed by atoms with van der Waals surface area (Å²) in [6.07, 6.45) is 2.95. The van der Waals surface area contributed by atoms with Crippen LogP contribution in [0.4, 0.5) is 5.13 Å². The number of nitrogens with one attached hydrogen (secondary N) is 1. The minimum Gasteiger partial charge on any atom is -0.493 e. The summed E-state index contributed by atoms with van der Waals surface area (Å²) in [5.41, 5.74) is 0.296. The van der Waals surface area contributed by atoms with E-state index in [1.54, 1.807) is 25.3 Å². The topological polar surface area (TPSA) is 150 Å². The zero-order chi connectivity index (χ0) is 26.8. The second-order valence-corrected chi connectivity index (χ2v) is 10.5. The van der Waals surface area contributed by atoms with Crippen molar-refractivity contribution < 1.29 is 32.2 Å². The summed E-state index contributed by atoms with van der Waals surface area (Å²) >= 11 is 0.691. The van der Waals surface area contributed by atoms with Crippen LogP contribution in [0.2, 0.25) is 0 Å². The fourth-order valence-electron chi connectivity index (χ4n) is 2.94. The van der Waals surface area contributed by atoms with Crippen LogP contribution in [0.5, 0.6) is 23.0 Å². The summed E-state index contributed by atoms with van der Waals surface area (Å²) in [6.45, 7) is 0.786. The monoisotopic (exact) mass is 544 g/mol. The molecule has 0 unspecified atom stereocenters. The van der Waals surface area contributed by atoms with Crippen molar-refractivity contribution >= 4 is 38.3 Å². The van der Waals surface area contributed by atoms with E-state index in [1.165, 1.54) is 13.2 Å². The third-order valence-electron chi connectivity index (χ3n) is 4.68. The van der Waals surface area contributed by atoms with Crippen LogP contribution in [0.25, 0.3) is 6.08 Å². The predicted octanol–water partition coefficient (Wildman–Crippen LogP) is 3.35. The lowest BCUT2D eigenvalue weighted by atomic mass is 10.1. The number of ether oxygens (including phenoxy) is 4. The van der Waals surface area contributed by atoms with Gasteiger partial charge in [0.15, 0.2) is 23.0 Å². The summed E-state index contributed by atoms with van der Waals surface area (Å²) in [7, 11) is -0.494. The molecule has 0 saturated heterocycles. The first-order chi connectivity index (χ1) is 17.7. The molecule has 2 aromatic carbocycles. The van der Waals surface area contributed by atoms with E-state index >= 15 is 0 Å². The average molecular weight is 545 g/mol. The lowest BCUT2D eigenvalue weighted by Gasteiger charge is -2.13. The van der Waals surface area contributed by atoms with Gasteiger partial charge in [-0.3, -0.25) is 10.1 Å². The van der Waals surface area contributed by atoms with E-state index in [4.69, 9.17) is 18.9 Å². The highest BCUT2D eigenvalue weighted by molar-refractivity contribution is 7.92. The molecule has 3 aromatic rings. The molecule has 13 heteroatoms. The predicted molar refractivity (Wildman–Crippen MR) is 137 cm³/mol. The molecule has 1 heterocycles. The van der Waals surface area contributed by atoms with Gasteiger partial charge in [-0.15, -0.1) is 10.2 Å². The fourth-order valence-corrected chi connectivity index (χ4v) is 4.45. The Kier molecular flexibility index (Phi) is 9.42. The Labute approximate surface area is 218 Å². The van der Waals surface area contributed by atoms with Gasteiger partial charge in [-0.2, -0.15) is 5.26 Å². The van der Waals surface area contributed by atoms with Gasteiger partial charge in [0.1, 0.15) is 11.6 Å². The maximum atomic E-state index is 12.5. The van der Waals surface area contributed by atoms with Crippen LogP contribution in [0.3, 0.4) is 0 Å². The Balaban J connectivity index is 1.60. The number of carbonyl (C=O) groups excluding carboxylic acids is 1. The molecule has 0 aliphatic carbocycles. The summed E-state index contributed by atoms with van der Waals surface area (Å²) in [5.74, 6) is 1.45. The molecule has 1 N–H and O–H groups in total. The van der Waals surface area contributed by atoms with Gasteiger partial charge in [0.25, 0.3) is 5.91 Å². The van der Waals surface area contributed by atoms with Gasteiger partial charge in [0.2, 0.25) is 19.3 Å². The molecule has 1 amide bonds.